The minimum absolute atomic E-state index is 0.883. The van der Waals surface area contributed by atoms with E-state index in [1.54, 1.807) is 0 Å². The minimum atomic E-state index is 0.883. The number of benzene rings is 4. The molecule has 0 radical (unpaired) electrons. The van der Waals surface area contributed by atoms with Gasteiger partial charge in [0.15, 0.2) is 0 Å². The van der Waals surface area contributed by atoms with Crippen LogP contribution in [-0.2, 0) is 0 Å². The Labute approximate surface area is 208 Å². The number of para-hydroxylation sites is 3. The van der Waals surface area contributed by atoms with E-state index in [0.717, 1.165) is 66.7 Å². The minimum Gasteiger partial charge on any atom is -0.456 e. The normalized spacial score (nSPS) is 12.1. The maximum absolute atomic E-state index is 6.09. The molecule has 1 aliphatic heterocycles. The van der Waals surface area contributed by atoms with Gasteiger partial charge in [0.05, 0.1) is 22.3 Å². The fourth-order valence-electron chi connectivity index (χ4n) is 5.34. The molecular weight excluding hydrogens is 442 g/mol. The van der Waals surface area contributed by atoms with Gasteiger partial charge in [0.1, 0.15) is 17.0 Å². The molecule has 4 aromatic carbocycles. The highest BCUT2D eigenvalue weighted by Gasteiger charge is 2.29. The lowest BCUT2D eigenvalue weighted by molar-refractivity contribution is 0.669. The standard InChI is InChI=1S/C30H17N3O.C2H6/c1-4-10-24-19(7-1)21-15-16-31-29-22-9-2-5-11-25(22)33(30(32-24)28(21)29)18-13-14-27-23(17-18)20-8-3-6-12-26(20)34-27;1-2/h1-17H;1-2H3. The van der Waals surface area contributed by atoms with Gasteiger partial charge in [0, 0.05) is 33.6 Å². The smallest absolute Gasteiger partial charge is 0.148 e. The number of fused-ring (bicyclic) bond motifs is 7. The molecule has 4 nitrogen and oxygen atoms in total. The first-order valence-electron chi connectivity index (χ1n) is 12.4. The topological polar surface area (TPSA) is 42.2 Å². The molecule has 0 spiro atoms. The van der Waals surface area contributed by atoms with Crippen molar-refractivity contribution in [3.05, 3.63) is 103 Å². The Morgan fingerprint density at radius 2 is 1.42 bits per heavy atom. The van der Waals surface area contributed by atoms with Crippen LogP contribution in [0.2, 0.25) is 0 Å². The summed E-state index contributed by atoms with van der Waals surface area (Å²) in [6, 6.07) is 33.4. The molecule has 0 atom stereocenters. The van der Waals surface area contributed by atoms with Crippen molar-refractivity contribution >= 4 is 60.8 Å². The van der Waals surface area contributed by atoms with E-state index in [-0.39, 0.29) is 0 Å². The van der Waals surface area contributed by atoms with Crippen LogP contribution < -0.4 is 4.90 Å². The Morgan fingerprint density at radius 3 is 2.33 bits per heavy atom. The van der Waals surface area contributed by atoms with Crippen molar-refractivity contribution in [1.29, 1.82) is 0 Å². The molecule has 0 fully saturated rings. The molecule has 0 bridgehead atoms. The third kappa shape index (κ3) is 2.82. The van der Waals surface area contributed by atoms with Crippen molar-refractivity contribution in [2.24, 2.45) is 0 Å². The maximum Gasteiger partial charge on any atom is 0.148 e. The number of nitrogens with zero attached hydrogens (tertiary/aromatic N) is 3. The van der Waals surface area contributed by atoms with Crippen molar-refractivity contribution in [2.75, 3.05) is 4.90 Å². The zero-order chi connectivity index (χ0) is 24.2. The number of hydrogen-bond acceptors (Lipinski definition) is 4. The summed E-state index contributed by atoms with van der Waals surface area (Å²) in [6.07, 6.45) is 1.91. The molecule has 3 aromatic heterocycles. The second-order valence-corrected chi connectivity index (χ2v) is 8.67. The average molecular weight is 466 g/mol. The molecule has 4 heteroatoms. The van der Waals surface area contributed by atoms with E-state index in [1.165, 1.54) is 5.39 Å². The Kier molecular flexibility index (Phi) is 4.55. The lowest BCUT2D eigenvalue weighted by Crippen LogP contribution is -2.17. The third-order valence-corrected chi connectivity index (χ3v) is 6.83. The van der Waals surface area contributed by atoms with Crippen molar-refractivity contribution in [1.82, 2.24) is 9.97 Å². The van der Waals surface area contributed by atoms with Gasteiger partial charge in [-0.2, -0.15) is 0 Å². The third-order valence-electron chi connectivity index (χ3n) is 6.83. The van der Waals surface area contributed by atoms with Crippen molar-refractivity contribution in [2.45, 2.75) is 13.8 Å². The average Bonchev–Trinajstić information content (AvgIpc) is 3.32. The highest BCUT2D eigenvalue weighted by Crippen LogP contribution is 2.50. The lowest BCUT2D eigenvalue weighted by Gasteiger charge is -2.32. The fourth-order valence-corrected chi connectivity index (χ4v) is 5.34. The Hall–Kier alpha value is -4.70. The fraction of sp³-hybridized carbons (Fsp3) is 0.0625. The Balaban J connectivity index is 0.00000108. The molecule has 0 saturated carbocycles. The van der Waals surface area contributed by atoms with E-state index in [9.17, 15) is 0 Å². The largest absolute Gasteiger partial charge is 0.456 e. The van der Waals surface area contributed by atoms with Gasteiger partial charge in [0.25, 0.3) is 0 Å². The number of aromatic nitrogens is 2. The van der Waals surface area contributed by atoms with Crippen LogP contribution in [-0.4, -0.2) is 9.97 Å². The van der Waals surface area contributed by atoms with E-state index >= 15 is 0 Å². The summed E-state index contributed by atoms with van der Waals surface area (Å²) in [6.45, 7) is 4.00. The van der Waals surface area contributed by atoms with Crippen molar-refractivity contribution in [3.8, 4) is 11.3 Å². The molecule has 172 valence electrons. The number of furan rings is 1. The highest BCUT2D eigenvalue weighted by atomic mass is 16.3. The van der Waals surface area contributed by atoms with Gasteiger partial charge < -0.3 is 4.42 Å². The monoisotopic (exact) mass is 465 g/mol. The molecule has 0 saturated heterocycles. The van der Waals surface area contributed by atoms with E-state index in [1.807, 2.05) is 38.2 Å². The van der Waals surface area contributed by atoms with Gasteiger partial charge in [-0.25, -0.2) is 4.98 Å². The summed E-state index contributed by atoms with van der Waals surface area (Å²) < 4.78 is 6.09. The summed E-state index contributed by atoms with van der Waals surface area (Å²) in [4.78, 5) is 12.3. The molecule has 4 heterocycles. The SMILES string of the molecule is CC.c1ccc2c(c1)-c1nccc3c1c(nc1ccccc13)N2c1ccc2oc3ccccc3c2c1. The first-order valence-corrected chi connectivity index (χ1v) is 12.4. The van der Waals surface area contributed by atoms with Crippen LogP contribution in [0.25, 0.3) is 54.9 Å². The Morgan fingerprint density at radius 1 is 0.667 bits per heavy atom. The molecule has 8 rings (SSSR count). The van der Waals surface area contributed by atoms with Crippen LogP contribution in [0.1, 0.15) is 13.8 Å². The second-order valence-electron chi connectivity index (χ2n) is 8.67. The van der Waals surface area contributed by atoms with Crippen LogP contribution >= 0.6 is 0 Å². The van der Waals surface area contributed by atoms with Crippen LogP contribution in [0.4, 0.5) is 17.2 Å². The number of rotatable bonds is 1. The number of pyridine rings is 2. The van der Waals surface area contributed by atoms with E-state index in [2.05, 4.69) is 83.8 Å². The first-order chi connectivity index (χ1) is 17.9. The van der Waals surface area contributed by atoms with Gasteiger partial charge in [-0.3, -0.25) is 9.88 Å². The maximum atomic E-state index is 6.09. The second kappa shape index (κ2) is 7.92. The Bertz CT molecular complexity index is 1940. The number of anilines is 3. The first kappa shape index (κ1) is 20.7. The van der Waals surface area contributed by atoms with Gasteiger partial charge in [-0.05, 0) is 47.9 Å². The quantitative estimate of drug-likeness (QED) is 0.227. The predicted octanol–water partition coefficient (Wildman–Crippen LogP) is 9.16. The summed E-state index contributed by atoms with van der Waals surface area (Å²) in [7, 11) is 0. The summed E-state index contributed by atoms with van der Waals surface area (Å²) in [5.41, 5.74) is 6.96. The van der Waals surface area contributed by atoms with Crippen LogP contribution in [0.3, 0.4) is 0 Å². The van der Waals surface area contributed by atoms with Gasteiger partial charge in [-0.15, -0.1) is 0 Å². The zero-order valence-electron chi connectivity index (χ0n) is 20.1. The summed E-state index contributed by atoms with van der Waals surface area (Å²) in [5, 5.41) is 5.60. The lowest BCUT2D eigenvalue weighted by atomic mass is 9.95. The summed E-state index contributed by atoms with van der Waals surface area (Å²) >= 11 is 0. The molecule has 0 N–H and O–H groups in total. The van der Waals surface area contributed by atoms with Crippen LogP contribution in [0.5, 0.6) is 0 Å². The van der Waals surface area contributed by atoms with Crippen LogP contribution in [0.15, 0.2) is 108 Å². The van der Waals surface area contributed by atoms with Crippen molar-refractivity contribution in [3.63, 3.8) is 0 Å². The highest BCUT2D eigenvalue weighted by molar-refractivity contribution is 6.19. The molecule has 7 aromatic rings. The van der Waals surface area contributed by atoms with Gasteiger partial charge in [-0.1, -0.05) is 68.4 Å². The van der Waals surface area contributed by atoms with Crippen molar-refractivity contribution < 1.29 is 4.42 Å². The van der Waals surface area contributed by atoms with Gasteiger partial charge >= 0.3 is 0 Å². The zero-order valence-corrected chi connectivity index (χ0v) is 20.1. The van der Waals surface area contributed by atoms with E-state index in [4.69, 9.17) is 14.4 Å². The molecule has 0 amide bonds. The molecule has 36 heavy (non-hydrogen) atoms. The summed E-state index contributed by atoms with van der Waals surface area (Å²) in [5.74, 6) is 0.905. The van der Waals surface area contributed by atoms with E-state index < -0.39 is 0 Å². The molecular formula is C32H23N3O. The van der Waals surface area contributed by atoms with Crippen LogP contribution in [0, 0.1) is 0 Å². The molecule has 0 unspecified atom stereocenters. The number of hydrogen-bond donors (Lipinski definition) is 0. The molecule has 0 aliphatic carbocycles. The molecule has 1 aliphatic rings. The van der Waals surface area contributed by atoms with E-state index in [0.29, 0.717) is 0 Å². The van der Waals surface area contributed by atoms with Gasteiger partial charge in [0.2, 0.25) is 0 Å². The predicted molar refractivity (Wildman–Crippen MR) is 149 cm³/mol.